The van der Waals surface area contributed by atoms with Crippen LogP contribution in [0.4, 0.5) is 5.69 Å². The maximum atomic E-state index is 13.0. The van der Waals surface area contributed by atoms with Crippen molar-refractivity contribution in [2.45, 2.75) is 18.9 Å². The average molecular weight is 459 g/mol. The van der Waals surface area contributed by atoms with E-state index in [1.54, 1.807) is 54.4 Å². The molecule has 2 aromatic carbocycles. The van der Waals surface area contributed by atoms with Gasteiger partial charge in [0.1, 0.15) is 0 Å². The Morgan fingerprint density at radius 2 is 1.81 bits per heavy atom. The van der Waals surface area contributed by atoms with Gasteiger partial charge in [-0.15, -0.1) is 0 Å². The van der Waals surface area contributed by atoms with Gasteiger partial charge in [-0.25, -0.2) is 0 Å². The zero-order valence-corrected chi connectivity index (χ0v) is 18.5. The van der Waals surface area contributed by atoms with Crippen LogP contribution in [0.3, 0.4) is 0 Å². The first-order valence-corrected chi connectivity index (χ1v) is 10.3. The highest BCUT2D eigenvalue weighted by atomic mass is 35.5. The van der Waals surface area contributed by atoms with Gasteiger partial charge in [0, 0.05) is 35.4 Å². The number of nitrogens with one attached hydrogen (secondary N) is 1. The number of halogens is 1. The third kappa shape index (κ3) is 7.36. The van der Waals surface area contributed by atoms with Crippen molar-refractivity contribution in [2.24, 2.45) is 22.2 Å². The van der Waals surface area contributed by atoms with Crippen molar-refractivity contribution in [3.8, 4) is 0 Å². The monoisotopic (exact) mass is 458 g/mol. The number of imide groups is 1. The van der Waals surface area contributed by atoms with Crippen molar-refractivity contribution < 1.29 is 14.4 Å². The molecule has 2 aromatic rings. The van der Waals surface area contributed by atoms with Gasteiger partial charge in [-0.3, -0.25) is 24.7 Å². The van der Waals surface area contributed by atoms with Crippen molar-refractivity contribution in [2.75, 3.05) is 25.0 Å². The van der Waals surface area contributed by atoms with Gasteiger partial charge in [-0.05, 0) is 31.0 Å². The lowest BCUT2D eigenvalue weighted by molar-refractivity contribution is -0.130. The van der Waals surface area contributed by atoms with Gasteiger partial charge >= 0.3 is 0 Å². The molecule has 0 aliphatic rings. The van der Waals surface area contributed by atoms with Crippen LogP contribution in [0, 0.1) is 0 Å². The highest BCUT2D eigenvalue weighted by Crippen LogP contribution is 2.26. The second-order valence-electron chi connectivity index (χ2n) is 7.18. The second kappa shape index (κ2) is 11.8. The fourth-order valence-electron chi connectivity index (χ4n) is 2.99. The van der Waals surface area contributed by atoms with E-state index < -0.39 is 17.9 Å². The van der Waals surface area contributed by atoms with E-state index in [2.05, 4.69) is 10.3 Å². The number of nitrogens with two attached hydrogens (primary N) is 3. The summed E-state index contributed by atoms with van der Waals surface area (Å²) in [6.07, 6.45) is 0.814. The van der Waals surface area contributed by atoms with Gasteiger partial charge in [0.05, 0.1) is 12.6 Å². The van der Waals surface area contributed by atoms with Crippen LogP contribution in [0.25, 0.3) is 0 Å². The van der Waals surface area contributed by atoms with Gasteiger partial charge in [0.2, 0.25) is 11.8 Å². The lowest BCUT2D eigenvalue weighted by Gasteiger charge is -2.22. The molecule has 0 aliphatic heterocycles. The molecule has 2 amide bonds. The Balaban J connectivity index is 2.02. The molecule has 0 unspecified atom stereocenters. The summed E-state index contributed by atoms with van der Waals surface area (Å²) in [7, 11) is 1.64. The molecule has 9 nitrogen and oxygen atoms in total. The molecular weight excluding hydrogens is 432 g/mol. The Hall–Kier alpha value is -3.43. The van der Waals surface area contributed by atoms with Crippen molar-refractivity contribution >= 4 is 40.8 Å². The van der Waals surface area contributed by atoms with E-state index in [0.29, 0.717) is 41.2 Å². The van der Waals surface area contributed by atoms with Crippen LogP contribution < -0.4 is 27.4 Å². The summed E-state index contributed by atoms with van der Waals surface area (Å²) in [5, 5.41) is 2.68. The van der Waals surface area contributed by atoms with E-state index in [1.807, 2.05) is 6.07 Å². The topological polar surface area (TPSA) is 157 Å². The SMILES string of the molecule is CN(CC(=O)NC(=O)[C@@H](N)CCCN=C(N)N)c1ccc(Cl)cc1C(=O)c1ccccc1. The Morgan fingerprint density at radius 3 is 2.47 bits per heavy atom. The quantitative estimate of drug-likeness (QED) is 0.179. The predicted molar refractivity (Wildman–Crippen MR) is 126 cm³/mol. The average Bonchev–Trinajstić information content (AvgIpc) is 2.76. The number of amides is 2. The standard InChI is InChI=1S/C22H27ClN6O3/c1-29(13-19(30)28-21(32)17(24)8-5-11-27-22(25)26)18-10-9-15(23)12-16(18)20(31)14-6-3-2-4-7-14/h2-4,6-7,9-10,12,17H,5,8,11,13,24H2,1H3,(H4,25,26,27)(H,28,30,32)/t17-/m0/s1. The molecule has 0 aliphatic carbocycles. The van der Waals surface area contributed by atoms with Crippen molar-refractivity contribution in [1.29, 1.82) is 0 Å². The summed E-state index contributed by atoms with van der Waals surface area (Å²) in [6.45, 7) is 0.179. The maximum Gasteiger partial charge on any atom is 0.246 e. The number of hydrogen-bond acceptors (Lipinski definition) is 6. The first-order valence-electron chi connectivity index (χ1n) is 9.94. The van der Waals surface area contributed by atoms with E-state index >= 15 is 0 Å². The number of ketones is 1. The molecule has 10 heteroatoms. The lowest BCUT2D eigenvalue weighted by Crippen LogP contribution is -2.46. The van der Waals surface area contributed by atoms with Gasteiger partial charge in [-0.2, -0.15) is 0 Å². The van der Waals surface area contributed by atoms with Crippen LogP contribution in [0.2, 0.25) is 5.02 Å². The molecule has 0 saturated heterocycles. The molecule has 0 radical (unpaired) electrons. The Kier molecular flexibility index (Phi) is 9.18. The number of benzene rings is 2. The smallest absolute Gasteiger partial charge is 0.246 e. The van der Waals surface area contributed by atoms with Crippen molar-refractivity contribution in [3.63, 3.8) is 0 Å². The number of guanidine groups is 1. The number of carbonyl (C=O) groups is 3. The number of carbonyl (C=O) groups excluding carboxylic acids is 3. The normalized spacial score (nSPS) is 11.3. The third-order valence-corrected chi connectivity index (χ3v) is 4.83. The summed E-state index contributed by atoms with van der Waals surface area (Å²) in [5.41, 5.74) is 17.7. The van der Waals surface area contributed by atoms with Gasteiger partial charge in [-0.1, -0.05) is 41.9 Å². The Labute approximate surface area is 191 Å². The summed E-state index contributed by atoms with van der Waals surface area (Å²) in [5.74, 6) is -1.40. The highest BCUT2D eigenvalue weighted by molar-refractivity contribution is 6.31. The fraction of sp³-hybridized carbons (Fsp3) is 0.273. The molecule has 2 rings (SSSR count). The van der Waals surface area contributed by atoms with Gasteiger partial charge in [0.15, 0.2) is 11.7 Å². The molecule has 0 bridgehead atoms. The van der Waals surface area contributed by atoms with Crippen LogP contribution in [0.5, 0.6) is 0 Å². The molecular formula is C22H27ClN6O3. The van der Waals surface area contributed by atoms with E-state index in [0.717, 1.165) is 0 Å². The summed E-state index contributed by atoms with van der Waals surface area (Å²) in [6, 6.07) is 12.7. The molecule has 7 N–H and O–H groups in total. The molecule has 0 fully saturated rings. The van der Waals surface area contributed by atoms with Crippen LogP contribution >= 0.6 is 11.6 Å². The zero-order chi connectivity index (χ0) is 23.7. The van der Waals surface area contributed by atoms with E-state index in [-0.39, 0.29) is 18.3 Å². The van der Waals surface area contributed by atoms with Crippen LogP contribution in [0.1, 0.15) is 28.8 Å². The van der Waals surface area contributed by atoms with E-state index in [9.17, 15) is 14.4 Å². The summed E-state index contributed by atoms with van der Waals surface area (Å²) >= 11 is 6.10. The molecule has 170 valence electrons. The minimum Gasteiger partial charge on any atom is -0.370 e. The number of hydrogen-bond donors (Lipinski definition) is 4. The van der Waals surface area contributed by atoms with Crippen LogP contribution in [-0.2, 0) is 9.59 Å². The molecule has 0 heterocycles. The number of rotatable bonds is 10. The highest BCUT2D eigenvalue weighted by Gasteiger charge is 2.20. The number of likely N-dealkylation sites (N-methyl/N-ethyl adjacent to an activating group) is 1. The first-order chi connectivity index (χ1) is 15.2. The first kappa shape index (κ1) is 24.8. The minimum absolute atomic E-state index is 0.0337. The molecule has 0 aromatic heterocycles. The summed E-state index contributed by atoms with van der Waals surface area (Å²) in [4.78, 5) is 42.9. The molecule has 32 heavy (non-hydrogen) atoms. The number of nitrogens with zero attached hydrogens (tertiary/aromatic N) is 2. The third-order valence-electron chi connectivity index (χ3n) is 4.60. The lowest BCUT2D eigenvalue weighted by atomic mass is 10.0. The Morgan fingerprint density at radius 1 is 1.12 bits per heavy atom. The second-order valence-corrected chi connectivity index (χ2v) is 7.62. The minimum atomic E-state index is -0.871. The van der Waals surface area contributed by atoms with E-state index in [4.69, 9.17) is 28.8 Å². The van der Waals surface area contributed by atoms with Crippen LogP contribution in [0.15, 0.2) is 53.5 Å². The number of anilines is 1. The fourth-order valence-corrected chi connectivity index (χ4v) is 3.16. The number of aliphatic imine (C=N–C) groups is 1. The predicted octanol–water partition coefficient (Wildman–Crippen LogP) is 1.03. The Bertz CT molecular complexity index is 992. The largest absolute Gasteiger partial charge is 0.370 e. The zero-order valence-electron chi connectivity index (χ0n) is 17.8. The molecule has 0 saturated carbocycles. The summed E-state index contributed by atoms with van der Waals surface area (Å²) < 4.78 is 0. The van der Waals surface area contributed by atoms with E-state index in [1.165, 1.54) is 0 Å². The maximum absolute atomic E-state index is 13.0. The molecule has 0 spiro atoms. The van der Waals surface area contributed by atoms with Crippen molar-refractivity contribution in [1.82, 2.24) is 5.32 Å². The molecule has 1 atom stereocenters. The van der Waals surface area contributed by atoms with Crippen molar-refractivity contribution in [3.05, 3.63) is 64.7 Å². The van der Waals surface area contributed by atoms with Crippen LogP contribution in [-0.4, -0.2) is 49.7 Å². The van der Waals surface area contributed by atoms with Gasteiger partial charge < -0.3 is 22.1 Å². The van der Waals surface area contributed by atoms with Gasteiger partial charge in [0.25, 0.3) is 0 Å².